The predicted octanol–water partition coefficient (Wildman–Crippen LogP) is 2.77. The summed E-state index contributed by atoms with van der Waals surface area (Å²) >= 11 is 3.37. The lowest BCUT2D eigenvalue weighted by molar-refractivity contribution is -0.121. The summed E-state index contributed by atoms with van der Waals surface area (Å²) in [5.74, 6) is -0.277. The molecule has 0 aliphatic rings. The van der Waals surface area contributed by atoms with Crippen LogP contribution in [0.25, 0.3) is 11.0 Å². The molecule has 7 heteroatoms. The van der Waals surface area contributed by atoms with Gasteiger partial charge in [0.2, 0.25) is 5.91 Å². The number of amides is 1. The molecule has 25 heavy (non-hydrogen) atoms. The van der Waals surface area contributed by atoms with Crippen LogP contribution in [0.1, 0.15) is 17.7 Å². The highest BCUT2D eigenvalue weighted by atomic mass is 79.9. The fourth-order valence-electron chi connectivity index (χ4n) is 2.29. The van der Waals surface area contributed by atoms with E-state index in [9.17, 15) is 9.59 Å². The van der Waals surface area contributed by atoms with Crippen LogP contribution in [0, 0.1) is 0 Å². The number of aryl methyl sites for hydroxylation is 1. The van der Waals surface area contributed by atoms with Crippen LogP contribution in [0.15, 0.2) is 62.9 Å². The number of hydrogen-bond acceptors (Lipinski definition) is 4. The number of nitrogens with one attached hydrogen (secondary N) is 2. The van der Waals surface area contributed by atoms with Crippen LogP contribution in [0.2, 0.25) is 0 Å². The maximum absolute atomic E-state index is 12.0. The maximum Gasteiger partial charge on any atom is 0.270 e. The standard InChI is InChI=1S/C18H15BrN4O2/c19-13-5-3-4-12(10-13)11-20-23-17(24)9-8-16-18(25)22-15-7-2-1-6-14(15)21-16/h1-7,10-11H,8-9H2,(H,22,25)(H,23,24)/b20-11+. The Morgan fingerprint density at radius 3 is 2.92 bits per heavy atom. The molecule has 0 atom stereocenters. The second-order valence-corrected chi connectivity index (χ2v) is 6.29. The molecule has 1 aromatic heterocycles. The van der Waals surface area contributed by atoms with Crippen LogP contribution in [-0.2, 0) is 11.2 Å². The summed E-state index contributed by atoms with van der Waals surface area (Å²) in [7, 11) is 0. The lowest BCUT2D eigenvalue weighted by Crippen LogP contribution is -2.21. The molecule has 0 aliphatic carbocycles. The van der Waals surface area contributed by atoms with Gasteiger partial charge in [0.1, 0.15) is 5.69 Å². The Bertz CT molecular complexity index is 998. The lowest BCUT2D eigenvalue weighted by atomic mass is 10.2. The number of carbonyl (C=O) groups excluding carboxylic acids is 1. The Labute approximate surface area is 152 Å². The smallest absolute Gasteiger partial charge is 0.270 e. The van der Waals surface area contributed by atoms with Crippen LogP contribution < -0.4 is 11.0 Å². The van der Waals surface area contributed by atoms with E-state index in [-0.39, 0.29) is 24.3 Å². The number of aromatic amines is 1. The molecule has 2 aromatic carbocycles. The molecule has 1 amide bonds. The molecule has 0 saturated carbocycles. The van der Waals surface area contributed by atoms with E-state index in [1.807, 2.05) is 42.5 Å². The average Bonchev–Trinajstić information content (AvgIpc) is 2.60. The summed E-state index contributed by atoms with van der Waals surface area (Å²) < 4.78 is 0.935. The maximum atomic E-state index is 12.0. The van der Waals surface area contributed by atoms with E-state index in [1.54, 1.807) is 12.3 Å². The molecule has 3 aromatic rings. The van der Waals surface area contributed by atoms with Crippen molar-refractivity contribution in [3.63, 3.8) is 0 Å². The second kappa shape index (κ2) is 7.85. The summed E-state index contributed by atoms with van der Waals surface area (Å²) in [6.07, 6.45) is 1.94. The fourth-order valence-corrected chi connectivity index (χ4v) is 2.71. The third kappa shape index (κ3) is 4.60. The van der Waals surface area contributed by atoms with Crippen LogP contribution in [-0.4, -0.2) is 22.1 Å². The van der Waals surface area contributed by atoms with Gasteiger partial charge in [-0.15, -0.1) is 0 Å². The molecule has 6 nitrogen and oxygen atoms in total. The van der Waals surface area contributed by atoms with Gasteiger partial charge in [0.25, 0.3) is 5.56 Å². The highest BCUT2D eigenvalue weighted by Gasteiger charge is 2.07. The van der Waals surface area contributed by atoms with Crippen molar-refractivity contribution in [1.29, 1.82) is 0 Å². The van der Waals surface area contributed by atoms with Crippen LogP contribution in [0.5, 0.6) is 0 Å². The Balaban J connectivity index is 1.59. The lowest BCUT2D eigenvalue weighted by Gasteiger charge is -2.02. The molecule has 0 radical (unpaired) electrons. The van der Waals surface area contributed by atoms with Gasteiger partial charge in [0, 0.05) is 17.3 Å². The predicted molar refractivity (Wildman–Crippen MR) is 101 cm³/mol. The number of aromatic nitrogens is 2. The minimum atomic E-state index is -0.277. The molecule has 1 heterocycles. The topological polar surface area (TPSA) is 87.2 Å². The second-order valence-electron chi connectivity index (χ2n) is 5.38. The molecule has 0 saturated heterocycles. The van der Waals surface area contributed by atoms with Crippen molar-refractivity contribution in [1.82, 2.24) is 15.4 Å². The average molecular weight is 399 g/mol. The third-order valence-electron chi connectivity index (χ3n) is 3.51. The number of fused-ring (bicyclic) bond motifs is 1. The Kier molecular flexibility index (Phi) is 5.35. The number of rotatable bonds is 5. The normalized spacial score (nSPS) is 11.1. The number of hydrazone groups is 1. The zero-order chi connectivity index (χ0) is 17.6. The van der Waals surface area contributed by atoms with E-state index in [0.29, 0.717) is 16.7 Å². The summed E-state index contributed by atoms with van der Waals surface area (Å²) in [6, 6.07) is 14.8. The number of carbonyl (C=O) groups is 1. The Morgan fingerprint density at radius 2 is 2.08 bits per heavy atom. The van der Waals surface area contributed by atoms with Crippen molar-refractivity contribution in [3.05, 3.63) is 74.6 Å². The van der Waals surface area contributed by atoms with Crippen molar-refractivity contribution in [3.8, 4) is 0 Å². The van der Waals surface area contributed by atoms with Crippen molar-refractivity contribution in [2.24, 2.45) is 5.10 Å². The summed E-state index contributed by atoms with van der Waals surface area (Å²) in [5.41, 5.74) is 4.76. The minimum Gasteiger partial charge on any atom is -0.319 e. The summed E-state index contributed by atoms with van der Waals surface area (Å²) in [4.78, 5) is 31.0. The SMILES string of the molecule is O=C(CCc1nc2ccccc2[nH]c1=O)N/N=C/c1cccc(Br)c1. The third-order valence-corrected chi connectivity index (χ3v) is 4.00. The first-order valence-electron chi connectivity index (χ1n) is 7.67. The van der Waals surface area contributed by atoms with Crippen molar-refractivity contribution in [2.75, 3.05) is 0 Å². The number of para-hydroxylation sites is 2. The molecular weight excluding hydrogens is 384 g/mol. The van der Waals surface area contributed by atoms with E-state index in [2.05, 4.69) is 36.4 Å². The molecule has 2 N–H and O–H groups in total. The van der Waals surface area contributed by atoms with Crippen LogP contribution in [0.4, 0.5) is 0 Å². The fraction of sp³-hybridized carbons (Fsp3) is 0.111. The van der Waals surface area contributed by atoms with Gasteiger partial charge < -0.3 is 4.98 Å². The molecule has 0 bridgehead atoms. The molecule has 126 valence electrons. The van der Waals surface area contributed by atoms with Gasteiger partial charge in [0.05, 0.1) is 17.2 Å². The number of H-pyrrole nitrogens is 1. The highest BCUT2D eigenvalue weighted by Crippen LogP contribution is 2.10. The summed E-state index contributed by atoms with van der Waals surface area (Å²) in [5, 5.41) is 3.92. The number of benzene rings is 2. The zero-order valence-electron chi connectivity index (χ0n) is 13.2. The molecule has 0 fully saturated rings. The van der Waals surface area contributed by atoms with Gasteiger partial charge in [-0.3, -0.25) is 9.59 Å². The minimum absolute atomic E-state index is 0.129. The molecular formula is C18H15BrN4O2. The summed E-state index contributed by atoms with van der Waals surface area (Å²) in [6.45, 7) is 0. The number of nitrogens with zero attached hydrogens (tertiary/aromatic N) is 2. The van der Waals surface area contributed by atoms with Crippen molar-refractivity contribution >= 4 is 39.1 Å². The Morgan fingerprint density at radius 1 is 1.24 bits per heavy atom. The van der Waals surface area contributed by atoms with Gasteiger partial charge >= 0.3 is 0 Å². The quantitative estimate of drug-likeness (QED) is 0.511. The van der Waals surface area contributed by atoms with E-state index in [4.69, 9.17) is 0 Å². The van der Waals surface area contributed by atoms with E-state index in [0.717, 1.165) is 10.0 Å². The van der Waals surface area contributed by atoms with Crippen LogP contribution in [0.3, 0.4) is 0 Å². The van der Waals surface area contributed by atoms with Crippen molar-refractivity contribution in [2.45, 2.75) is 12.8 Å². The first kappa shape index (κ1) is 17.0. The van der Waals surface area contributed by atoms with Crippen molar-refractivity contribution < 1.29 is 4.79 Å². The van der Waals surface area contributed by atoms with E-state index < -0.39 is 0 Å². The first-order valence-corrected chi connectivity index (χ1v) is 8.46. The Hall–Kier alpha value is -2.80. The van der Waals surface area contributed by atoms with Crippen LogP contribution >= 0.6 is 15.9 Å². The van der Waals surface area contributed by atoms with Gasteiger partial charge in [-0.05, 0) is 29.8 Å². The number of halogens is 1. The van der Waals surface area contributed by atoms with Gasteiger partial charge in [-0.2, -0.15) is 5.10 Å². The monoisotopic (exact) mass is 398 g/mol. The highest BCUT2D eigenvalue weighted by molar-refractivity contribution is 9.10. The van der Waals surface area contributed by atoms with Gasteiger partial charge in [0.15, 0.2) is 0 Å². The molecule has 0 unspecified atom stereocenters. The zero-order valence-corrected chi connectivity index (χ0v) is 14.8. The van der Waals surface area contributed by atoms with Gasteiger partial charge in [-0.1, -0.05) is 40.2 Å². The number of hydrogen-bond donors (Lipinski definition) is 2. The molecule has 0 spiro atoms. The molecule has 0 aliphatic heterocycles. The largest absolute Gasteiger partial charge is 0.319 e. The van der Waals surface area contributed by atoms with E-state index in [1.165, 1.54) is 0 Å². The first-order chi connectivity index (χ1) is 12.1. The van der Waals surface area contributed by atoms with Gasteiger partial charge in [-0.25, -0.2) is 10.4 Å². The van der Waals surface area contributed by atoms with E-state index >= 15 is 0 Å². The molecule has 3 rings (SSSR count).